The Labute approximate surface area is 187 Å². The molecule has 34 heavy (non-hydrogen) atoms. The van der Waals surface area contributed by atoms with Crippen LogP contribution < -0.4 is 15.4 Å². The Kier molecular flexibility index (Phi) is 5.36. The molecule has 4 rings (SSSR count). The van der Waals surface area contributed by atoms with Crippen molar-refractivity contribution < 1.29 is 43.9 Å². The van der Waals surface area contributed by atoms with E-state index in [2.05, 4.69) is 10.3 Å². The van der Waals surface area contributed by atoms with Crippen LogP contribution in [0.1, 0.15) is 15.9 Å². The monoisotopic (exact) mass is 512 g/mol. The molecule has 184 valence electrons. The number of fused-ring (bicyclic) bond motifs is 1. The van der Waals surface area contributed by atoms with E-state index in [4.69, 9.17) is 5.14 Å². The van der Waals surface area contributed by atoms with Gasteiger partial charge >= 0.3 is 18.0 Å². The first-order chi connectivity index (χ1) is 15.5. The van der Waals surface area contributed by atoms with Gasteiger partial charge in [-0.3, -0.25) is 4.79 Å². The number of sulfonamides is 1. The number of alkyl halides is 7. The van der Waals surface area contributed by atoms with Crippen LogP contribution in [-0.4, -0.2) is 44.2 Å². The number of nitrogens with zero attached hydrogens (tertiary/aromatic N) is 2. The molecule has 1 saturated heterocycles. The Bertz CT molecular complexity index is 1240. The van der Waals surface area contributed by atoms with Crippen molar-refractivity contribution in [2.45, 2.75) is 22.9 Å². The number of benzene rings is 1. The Morgan fingerprint density at radius 2 is 1.68 bits per heavy atom. The quantitative estimate of drug-likeness (QED) is 0.612. The number of aromatic nitrogens is 1. The number of nitrogens with one attached hydrogen (secondary N) is 1. The third-order valence-electron chi connectivity index (χ3n) is 5.85. The summed E-state index contributed by atoms with van der Waals surface area (Å²) in [6.45, 7) is -1.29. The molecule has 3 N–H and O–H groups in total. The zero-order valence-corrected chi connectivity index (χ0v) is 17.6. The van der Waals surface area contributed by atoms with Crippen molar-refractivity contribution in [3.63, 3.8) is 0 Å². The van der Waals surface area contributed by atoms with E-state index >= 15 is 0 Å². The topological polar surface area (TPSA) is 105 Å². The molecule has 2 fully saturated rings. The number of amides is 1. The minimum absolute atomic E-state index is 0.153. The lowest BCUT2D eigenvalue weighted by atomic mass is 9.68. The van der Waals surface area contributed by atoms with Gasteiger partial charge in [0.1, 0.15) is 5.82 Å². The van der Waals surface area contributed by atoms with Crippen LogP contribution in [0, 0.1) is 11.8 Å². The molecule has 0 radical (unpaired) electrons. The summed E-state index contributed by atoms with van der Waals surface area (Å²) in [5.41, 5.74) is -2.21. The second kappa shape index (κ2) is 7.53. The van der Waals surface area contributed by atoms with Crippen molar-refractivity contribution in [2.75, 3.05) is 23.3 Å². The van der Waals surface area contributed by atoms with Gasteiger partial charge in [0.2, 0.25) is 10.0 Å². The van der Waals surface area contributed by atoms with Crippen LogP contribution in [0.5, 0.6) is 0 Å². The molecule has 1 amide bonds. The molecule has 7 nitrogen and oxygen atoms in total. The minimum atomic E-state index is -4.92. The summed E-state index contributed by atoms with van der Waals surface area (Å²) >= 11 is 0. The predicted octanol–water partition coefficient (Wildman–Crippen LogP) is 3.34. The van der Waals surface area contributed by atoms with Crippen molar-refractivity contribution in [3.8, 4) is 0 Å². The van der Waals surface area contributed by atoms with E-state index in [1.54, 1.807) is 0 Å². The number of rotatable bonds is 4. The van der Waals surface area contributed by atoms with Gasteiger partial charge in [0, 0.05) is 25.0 Å². The number of hydrogen-bond donors (Lipinski definition) is 2. The number of hydrogen-bond acceptors (Lipinski definition) is 5. The largest absolute Gasteiger partial charge is 0.417 e. The third kappa shape index (κ3) is 3.85. The second-order valence-electron chi connectivity index (χ2n) is 7.98. The summed E-state index contributed by atoms with van der Waals surface area (Å²) in [6, 6.07) is 4.92. The molecule has 15 heteroatoms. The summed E-state index contributed by atoms with van der Waals surface area (Å²) in [6.07, 6.45) is -4.55. The van der Waals surface area contributed by atoms with E-state index in [1.165, 1.54) is 12.1 Å². The standard InChI is InChI=1S/C19H15F7N4O3S/c20-17(21)13-7-30(8-14(13)18(17,22)23)15-12(4-9(6-28-15)19(24,25)26)16(31)29-10-2-1-3-11(5-10)34(27,32)33/h1-6,13-14H,7-8H2,(H,29,31)(H2,27,32,33)/t13-,14+. The van der Waals surface area contributed by atoms with Crippen LogP contribution in [-0.2, 0) is 16.2 Å². The fourth-order valence-corrected chi connectivity index (χ4v) is 4.65. The smallest absolute Gasteiger partial charge is 0.355 e. The molecule has 2 aromatic rings. The fraction of sp³-hybridized carbons (Fsp3) is 0.368. The molecule has 1 saturated carbocycles. The lowest BCUT2D eigenvalue weighted by molar-refractivity contribution is -0.339. The van der Waals surface area contributed by atoms with E-state index in [1.807, 2.05) is 0 Å². The van der Waals surface area contributed by atoms with E-state index < -0.39 is 80.7 Å². The van der Waals surface area contributed by atoms with E-state index in [0.717, 1.165) is 17.0 Å². The minimum Gasteiger partial charge on any atom is -0.355 e. The Hall–Kier alpha value is -2.94. The number of carbonyl (C=O) groups is 1. The maximum Gasteiger partial charge on any atom is 0.417 e. The highest BCUT2D eigenvalue weighted by molar-refractivity contribution is 7.89. The van der Waals surface area contributed by atoms with Crippen molar-refractivity contribution in [3.05, 3.63) is 47.7 Å². The molecule has 2 atom stereocenters. The van der Waals surface area contributed by atoms with E-state index in [0.29, 0.717) is 12.3 Å². The molecule has 1 aromatic carbocycles. The number of nitrogens with two attached hydrogens (primary N) is 1. The van der Waals surface area contributed by atoms with Crippen molar-refractivity contribution >= 4 is 27.4 Å². The predicted molar refractivity (Wildman–Crippen MR) is 104 cm³/mol. The molecule has 2 heterocycles. The van der Waals surface area contributed by atoms with E-state index in [-0.39, 0.29) is 5.69 Å². The first-order valence-electron chi connectivity index (χ1n) is 9.55. The highest BCUT2D eigenvalue weighted by Crippen LogP contribution is 2.62. The average Bonchev–Trinajstić information content (AvgIpc) is 3.17. The Balaban J connectivity index is 1.70. The first kappa shape index (κ1) is 24.2. The van der Waals surface area contributed by atoms with Gasteiger partial charge in [-0.05, 0) is 24.3 Å². The highest BCUT2D eigenvalue weighted by Gasteiger charge is 2.80. The van der Waals surface area contributed by atoms with Gasteiger partial charge < -0.3 is 10.2 Å². The van der Waals surface area contributed by atoms with Gasteiger partial charge in [-0.15, -0.1) is 0 Å². The summed E-state index contributed by atoms with van der Waals surface area (Å²) in [7, 11) is -4.16. The van der Waals surface area contributed by atoms with E-state index in [9.17, 15) is 43.9 Å². The van der Waals surface area contributed by atoms with Gasteiger partial charge in [-0.1, -0.05) is 6.07 Å². The zero-order chi connectivity index (χ0) is 25.3. The normalized spacial score (nSPS) is 23.2. The molecule has 2 aliphatic rings. The zero-order valence-electron chi connectivity index (χ0n) is 16.8. The number of primary sulfonamides is 1. The molecule has 0 unspecified atom stereocenters. The number of anilines is 2. The summed E-state index contributed by atoms with van der Waals surface area (Å²) in [5.74, 6) is -13.8. The average molecular weight is 512 g/mol. The summed E-state index contributed by atoms with van der Waals surface area (Å²) < 4.78 is 118. The molecule has 0 spiro atoms. The molecule has 0 bridgehead atoms. The molecular formula is C19H15F7N4O3S. The lowest BCUT2D eigenvalue weighted by Crippen LogP contribution is -2.65. The first-order valence-corrected chi connectivity index (χ1v) is 11.1. The van der Waals surface area contributed by atoms with Crippen LogP contribution in [0.15, 0.2) is 41.4 Å². The third-order valence-corrected chi connectivity index (χ3v) is 6.77. The van der Waals surface area contributed by atoms with Crippen molar-refractivity contribution in [1.82, 2.24) is 4.98 Å². The SMILES string of the molecule is NS(=O)(=O)c1cccc(NC(=O)c2cc(C(F)(F)F)cnc2N2C[C@@H]3[C@H](C2)C(F)(F)C3(F)F)c1. The Morgan fingerprint density at radius 1 is 1.09 bits per heavy atom. The van der Waals surface area contributed by atoms with Crippen LogP contribution >= 0.6 is 0 Å². The van der Waals surface area contributed by atoms with Gasteiger partial charge in [0.25, 0.3) is 5.91 Å². The maximum absolute atomic E-state index is 13.8. The van der Waals surface area contributed by atoms with Crippen LogP contribution in [0.2, 0.25) is 0 Å². The Morgan fingerprint density at radius 3 is 2.21 bits per heavy atom. The molecular weight excluding hydrogens is 497 g/mol. The van der Waals surface area contributed by atoms with Crippen LogP contribution in [0.3, 0.4) is 0 Å². The summed E-state index contributed by atoms with van der Waals surface area (Å²) in [4.78, 5) is 16.9. The number of carbonyl (C=O) groups excluding carboxylic acids is 1. The molecule has 1 aromatic heterocycles. The van der Waals surface area contributed by atoms with Gasteiger partial charge in [-0.2, -0.15) is 30.7 Å². The summed E-state index contributed by atoms with van der Waals surface area (Å²) in [5, 5.41) is 7.21. The van der Waals surface area contributed by atoms with Crippen molar-refractivity contribution in [1.29, 1.82) is 0 Å². The van der Waals surface area contributed by atoms with Crippen LogP contribution in [0.25, 0.3) is 0 Å². The van der Waals surface area contributed by atoms with Gasteiger partial charge in [-0.25, -0.2) is 18.5 Å². The number of halogens is 7. The van der Waals surface area contributed by atoms with Crippen molar-refractivity contribution in [2.24, 2.45) is 17.0 Å². The van der Waals surface area contributed by atoms with Gasteiger partial charge in [0.15, 0.2) is 0 Å². The fourth-order valence-electron chi connectivity index (χ4n) is 4.09. The van der Waals surface area contributed by atoms with Crippen LogP contribution in [0.4, 0.5) is 42.2 Å². The molecule has 1 aliphatic heterocycles. The lowest BCUT2D eigenvalue weighted by Gasteiger charge is -2.46. The maximum atomic E-state index is 13.8. The molecule has 1 aliphatic carbocycles. The van der Waals surface area contributed by atoms with Gasteiger partial charge in [0.05, 0.1) is 27.9 Å². The second-order valence-corrected chi connectivity index (χ2v) is 9.55. The number of pyridine rings is 1. The highest BCUT2D eigenvalue weighted by atomic mass is 32.2.